The van der Waals surface area contributed by atoms with Gasteiger partial charge >= 0.3 is 0 Å². The molecule has 0 bridgehead atoms. The maximum Gasteiger partial charge on any atom is 0.233 e. The quantitative estimate of drug-likeness (QED) is 0.597. The number of ketones is 1. The summed E-state index contributed by atoms with van der Waals surface area (Å²) < 4.78 is 11.2. The highest BCUT2D eigenvalue weighted by Crippen LogP contribution is 2.50. The molecule has 2 atom stereocenters. The number of carbonyl (C=O) groups is 1. The van der Waals surface area contributed by atoms with E-state index in [-0.39, 0.29) is 17.6 Å². The predicted octanol–water partition coefficient (Wildman–Crippen LogP) is 5.60. The van der Waals surface area contributed by atoms with Gasteiger partial charge in [-0.2, -0.15) is 0 Å². The number of hydrogen-bond donors (Lipinski definition) is 1. The number of nitrogens with zero attached hydrogens (tertiary/aromatic N) is 1. The number of aromatic nitrogens is 1. The fourth-order valence-corrected chi connectivity index (χ4v) is 4.78. The van der Waals surface area contributed by atoms with Gasteiger partial charge in [0.25, 0.3) is 0 Å². The molecule has 0 fully saturated rings. The zero-order valence-corrected chi connectivity index (χ0v) is 17.5. The Labute approximate surface area is 179 Å². The number of allylic oxidation sites excluding steroid dienone is 2. The van der Waals surface area contributed by atoms with Crippen LogP contribution in [0.3, 0.4) is 0 Å². The summed E-state index contributed by atoms with van der Waals surface area (Å²) in [5.41, 5.74) is 5.40. The number of nitrogens with one attached hydrogen (secondary N) is 1. The third kappa shape index (κ3) is 3.01. The standard InChI is InChI=1S/C24H21ClN2O3/c1-13-21-22(17-5-3-4-6-20(17)29-2)23-18(26-24(21)30-27-13)11-15(12-19(23)28)14-7-9-16(25)10-8-14/h3-10,15,22,26H,11-12H2,1-2H3/t15-,22-/m1/s1. The van der Waals surface area contributed by atoms with Crippen molar-refractivity contribution < 1.29 is 14.1 Å². The van der Waals surface area contributed by atoms with Crippen molar-refractivity contribution in [2.45, 2.75) is 31.6 Å². The van der Waals surface area contributed by atoms with E-state index < -0.39 is 0 Å². The molecule has 5 rings (SSSR count). The van der Waals surface area contributed by atoms with Gasteiger partial charge in [-0.05, 0) is 43.0 Å². The van der Waals surface area contributed by atoms with Gasteiger partial charge in [0.1, 0.15) is 5.75 Å². The molecule has 30 heavy (non-hydrogen) atoms. The molecule has 0 spiro atoms. The van der Waals surface area contributed by atoms with E-state index in [2.05, 4.69) is 10.5 Å². The van der Waals surface area contributed by atoms with Crippen LogP contribution in [0, 0.1) is 6.92 Å². The van der Waals surface area contributed by atoms with Gasteiger partial charge in [-0.15, -0.1) is 0 Å². The summed E-state index contributed by atoms with van der Waals surface area (Å²) in [6.45, 7) is 1.90. The van der Waals surface area contributed by atoms with E-state index in [1.807, 2.05) is 55.5 Å². The summed E-state index contributed by atoms with van der Waals surface area (Å²) >= 11 is 6.04. The molecule has 2 aromatic carbocycles. The van der Waals surface area contributed by atoms with E-state index in [0.717, 1.165) is 39.4 Å². The predicted molar refractivity (Wildman–Crippen MR) is 115 cm³/mol. The minimum absolute atomic E-state index is 0.0879. The van der Waals surface area contributed by atoms with Crippen LogP contribution in [-0.2, 0) is 4.79 Å². The van der Waals surface area contributed by atoms with Gasteiger partial charge < -0.3 is 14.6 Å². The molecule has 6 heteroatoms. The zero-order valence-electron chi connectivity index (χ0n) is 16.7. The van der Waals surface area contributed by atoms with Crippen LogP contribution in [0.25, 0.3) is 0 Å². The monoisotopic (exact) mass is 420 g/mol. The number of Topliss-reactive ketones (excluding diaryl/α,β-unsaturated/α-hetero) is 1. The lowest BCUT2D eigenvalue weighted by molar-refractivity contribution is -0.116. The van der Waals surface area contributed by atoms with Crippen molar-refractivity contribution in [1.82, 2.24) is 5.16 Å². The first-order chi connectivity index (χ1) is 14.6. The van der Waals surface area contributed by atoms with Crippen LogP contribution in [0.15, 0.2) is 64.3 Å². The lowest BCUT2D eigenvalue weighted by atomic mass is 9.72. The molecule has 0 amide bonds. The van der Waals surface area contributed by atoms with Gasteiger partial charge in [0.15, 0.2) is 5.78 Å². The number of aryl methyl sites for hydroxylation is 1. The molecule has 2 aliphatic rings. The van der Waals surface area contributed by atoms with E-state index in [4.69, 9.17) is 20.9 Å². The summed E-state index contributed by atoms with van der Waals surface area (Å²) in [6, 6.07) is 15.6. The molecule has 1 aliphatic heterocycles. The number of carbonyl (C=O) groups excluding carboxylic acids is 1. The average Bonchev–Trinajstić information content (AvgIpc) is 3.13. The van der Waals surface area contributed by atoms with E-state index in [0.29, 0.717) is 23.7 Å². The molecule has 0 saturated heterocycles. The number of hydrogen-bond acceptors (Lipinski definition) is 5. The third-order valence-corrected chi connectivity index (χ3v) is 6.30. The number of benzene rings is 2. The van der Waals surface area contributed by atoms with Crippen LogP contribution in [0.2, 0.25) is 5.02 Å². The smallest absolute Gasteiger partial charge is 0.233 e. The molecule has 152 valence electrons. The summed E-state index contributed by atoms with van der Waals surface area (Å²) in [4.78, 5) is 13.5. The average molecular weight is 421 g/mol. The molecule has 3 aromatic rings. The molecule has 0 radical (unpaired) electrons. The minimum Gasteiger partial charge on any atom is -0.496 e. The molecule has 1 aromatic heterocycles. The number of ether oxygens (including phenoxy) is 1. The topological polar surface area (TPSA) is 64.4 Å². The molecular formula is C24H21ClN2O3. The highest BCUT2D eigenvalue weighted by molar-refractivity contribution is 6.30. The lowest BCUT2D eigenvalue weighted by Gasteiger charge is -2.34. The van der Waals surface area contributed by atoms with Crippen LogP contribution >= 0.6 is 11.6 Å². The number of fused-ring (bicyclic) bond motifs is 1. The first-order valence-corrected chi connectivity index (χ1v) is 10.3. The minimum atomic E-state index is -0.266. The van der Waals surface area contributed by atoms with Gasteiger partial charge in [0, 0.05) is 28.3 Å². The van der Waals surface area contributed by atoms with Crippen molar-refractivity contribution in [2.24, 2.45) is 0 Å². The zero-order chi connectivity index (χ0) is 20.8. The summed E-state index contributed by atoms with van der Waals surface area (Å²) in [6.07, 6.45) is 1.17. The second-order valence-electron chi connectivity index (χ2n) is 7.78. The Balaban J connectivity index is 1.64. The largest absolute Gasteiger partial charge is 0.496 e. The Morgan fingerprint density at radius 1 is 1.13 bits per heavy atom. The van der Waals surface area contributed by atoms with Gasteiger partial charge in [-0.3, -0.25) is 4.79 Å². The van der Waals surface area contributed by atoms with Crippen molar-refractivity contribution >= 4 is 23.3 Å². The summed E-state index contributed by atoms with van der Waals surface area (Å²) in [5.74, 6) is 1.30. The van der Waals surface area contributed by atoms with Crippen LogP contribution in [0.1, 0.15) is 47.1 Å². The van der Waals surface area contributed by atoms with Crippen LogP contribution < -0.4 is 10.1 Å². The molecule has 0 saturated carbocycles. The van der Waals surface area contributed by atoms with Crippen molar-refractivity contribution in [1.29, 1.82) is 0 Å². The van der Waals surface area contributed by atoms with Crippen molar-refractivity contribution in [3.05, 3.63) is 87.2 Å². The van der Waals surface area contributed by atoms with E-state index >= 15 is 0 Å². The first-order valence-electron chi connectivity index (χ1n) is 9.94. The van der Waals surface area contributed by atoms with Gasteiger partial charge in [-0.25, -0.2) is 0 Å². The van der Waals surface area contributed by atoms with Gasteiger partial charge in [0.05, 0.1) is 24.3 Å². The van der Waals surface area contributed by atoms with Crippen LogP contribution in [0.4, 0.5) is 5.88 Å². The normalized spacial score (nSPS) is 20.4. The molecule has 1 aliphatic carbocycles. The van der Waals surface area contributed by atoms with Gasteiger partial charge in [0.2, 0.25) is 5.88 Å². The molecular weight excluding hydrogens is 400 g/mol. The van der Waals surface area contributed by atoms with E-state index in [1.165, 1.54) is 0 Å². The number of para-hydroxylation sites is 1. The first kappa shape index (κ1) is 18.9. The second kappa shape index (κ2) is 7.33. The third-order valence-electron chi connectivity index (χ3n) is 6.05. The number of rotatable bonds is 3. The molecule has 2 heterocycles. The van der Waals surface area contributed by atoms with E-state index in [9.17, 15) is 4.79 Å². The Morgan fingerprint density at radius 3 is 2.67 bits per heavy atom. The van der Waals surface area contributed by atoms with Crippen molar-refractivity contribution in [3.8, 4) is 5.75 Å². The second-order valence-corrected chi connectivity index (χ2v) is 8.22. The highest BCUT2D eigenvalue weighted by atomic mass is 35.5. The SMILES string of the molecule is COc1ccccc1[C@H]1C2=C(C[C@@H](c3ccc(Cl)cc3)CC2=O)Nc2onc(C)c21. The van der Waals surface area contributed by atoms with Crippen LogP contribution in [0.5, 0.6) is 5.75 Å². The Bertz CT molecular complexity index is 1160. The van der Waals surface area contributed by atoms with E-state index in [1.54, 1.807) is 7.11 Å². The molecule has 0 unspecified atom stereocenters. The molecule has 1 N–H and O–H groups in total. The maximum absolute atomic E-state index is 13.5. The molecule has 5 nitrogen and oxygen atoms in total. The van der Waals surface area contributed by atoms with Crippen LogP contribution in [-0.4, -0.2) is 18.0 Å². The highest BCUT2D eigenvalue weighted by Gasteiger charge is 2.42. The Morgan fingerprint density at radius 2 is 1.90 bits per heavy atom. The van der Waals surface area contributed by atoms with Crippen molar-refractivity contribution in [2.75, 3.05) is 12.4 Å². The summed E-state index contributed by atoms with van der Waals surface area (Å²) in [7, 11) is 1.65. The van der Waals surface area contributed by atoms with Gasteiger partial charge in [-0.1, -0.05) is 47.1 Å². The van der Waals surface area contributed by atoms with Crippen molar-refractivity contribution in [3.63, 3.8) is 0 Å². The fraction of sp³-hybridized carbons (Fsp3) is 0.250. The maximum atomic E-state index is 13.5. The number of methoxy groups -OCH3 is 1. The summed E-state index contributed by atoms with van der Waals surface area (Å²) in [5, 5.41) is 8.22. The Hall–Kier alpha value is -3.05. The fourth-order valence-electron chi connectivity index (χ4n) is 4.66. The number of anilines is 1. The lowest BCUT2D eigenvalue weighted by Crippen LogP contribution is -2.29. The Kier molecular flexibility index (Phi) is 4.63. The number of halogens is 1.